The molecule has 7 heteroatoms. The van der Waals surface area contributed by atoms with Gasteiger partial charge < -0.3 is 24.2 Å². The average Bonchev–Trinajstić information content (AvgIpc) is 3.84. The van der Waals surface area contributed by atoms with Crippen molar-refractivity contribution in [2.24, 2.45) is 0 Å². The maximum absolute atomic E-state index is 2.62. The lowest BCUT2D eigenvalue weighted by molar-refractivity contribution is 1.18. The van der Waals surface area contributed by atoms with E-state index in [1.54, 1.807) is 0 Å². The Kier molecular flexibility index (Phi) is 8.57. The topological polar surface area (TPSA) is 17.9 Å². The van der Waals surface area contributed by atoms with Crippen molar-refractivity contribution >= 4 is 136 Å². The summed E-state index contributed by atoms with van der Waals surface area (Å²) in [5.74, 6) is 0. The van der Waals surface area contributed by atoms with E-state index in [2.05, 4.69) is 285 Å². The first-order valence-electron chi connectivity index (χ1n) is 25.3. The second-order valence-corrected chi connectivity index (χ2v) is 19.6. The van der Waals surface area contributed by atoms with Crippen molar-refractivity contribution in [3.63, 3.8) is 0 Å². The quantitative estimate of drug-likeness (QED) is 0.160. The average molecular weight is 928 g/mol. The molecule has 5 heterocycles. The van der Waals surface area contributed by atoms with E-state index in [4.69, 9.17) is 0 Å². The maximum Gasteiger partial charge on any atom is 0.252 e. The predicted molar refractivity (Wildman–Crippen MR) is 309 cm³/mol. The molecule has 4 aliphatic rings. The summed E-state index contributed by atoms with van der Waals surface area (Å²) in [7, 11) is 0. The van der Waals surface area contributed by atoms with Crippen LogP contribution >= 0.6 is 0 Å². The van der Waals surface area contributed by atoms with Gasteiger partial charge in [0.15, 0.2) is 0 Å². The second kappa shape index (κ2) is 15.5. The molecular formula is C66H43B2N5. The molecule has 0 unspecified atom stereocenters. The van der Waals surface area contributed by atoms with Crippen molar-refractivity contribution < 1.29 is 0 Å². The highest BCUT2D eigenvalue weighted by Gasteiger charge is 2.48. The molecule has 11 aromatic carbocycles. The molecule has 0 saturated carbocycles. The van der Waals surface area contributed by atoms with E-state index in [0.717, 1.165) is 28.4 Å². The molecule has 73 heavy (non-hydrogen) atoms. The van der Waals surface area contributed by atoms with Gasteiger partial charge in [0.2, 0.25) is 0 Å². The van der Waals surface area contributed by atoms with Crippen LogP contribution in [-0.4, -0.2) is 18.0 Å². The van der Waals surface area contributed by atoms with E-state index in [-0.39, 0.29) is 13.4 Å². The third-order valence-electron chi connectivity index (χ3n) is 15.9. The molecule has 16 rings (SSSR count). The van der Waals surface area contributed by atoms with Crippen molar-refractivity contribution in [3.8, 4) is 5.69 Å². The van der Waals surface area contributed by atoms with E-state index >= 15 is 0 Å². The fourth-order valence-electron chi connectivity index (χ4n) is 13.1. The Morgan fingerprint density at radius 2 is 0.658 bits per heavy atom. The highest BCUT2D eigenvalue weighted by molar-refractivity contribution is 7.03. The number of hydrogen-bond acceptors (Lipinski definition) is 4. The molecule has 338 valence electrons. The van der Waals surface area contributed by atoms with Gasteiger partial charge in [-0.15, -0.1) is 0 Å². The van der Waals surface area contributed by atoms with Crippen LogP contribution in [-0.2, 0) is 0 Å². The third kappa shape index (κ3) is 5.65. The van der Waals surface area contributed by atoms with Crippen molar-refractivity contribution in [1.82, 2.24) is 4.57 Å². The number of aromatic nitrogens is 1. The van der Waals surface area contributed by atoms with E-state index in [1.807, 2.05) is 0 Å². The molecule has 12 aromatic rings. The first kappa shape index (κ1) is 40.3. The zero-order valence-electron chi connectivity index (χ0n) is 39.7. The Morgan fingerprint density at radius 3 is 1.21 bits per heavy atom. The summed E-state index contributed by atoms with van der Waals surface area (Å²) in [6.45, 7) is -0.147. The molecule has 0 fully saturated rings. The lowest BCUT2D eigenvalue weighted by Crippen LogP contribution is -2.65. The summed E-state index contributed by atoms with van der Waals surface area (Å²) in [5, 5.41) is 2.48. The third-order valence-corrected chi connectivity index (χ3v) is 15.9. The molecule has 4 aliphatic heterocycles. The minimum absolute atomic E-state index is 0.0420. The van der Waals surface area contributed by atoms with Crippen LogP contribution < -0.4 is 52.4 Å². The fourth-order valence-corrected chi connectivity index (χ4v) is 13.1. The molecule has 0 spiro atoms. The van der Waals surface area contributed by atoms with Crippen LogP contribution in [0.5, 0.6) is 0 Å². The van der Waals surface area contributed by atoms with Crippen LogP contribution in [0, 0.1) is 0 Å². The molecule has 0 atom stereocenters. The lowest BCUT2D eigenvalue weighted by atomic mass is 9.30. The van der Waals surface area contributed by atoms with Gasteiger partial charge in [-0.2, -0.15) is 0 Å². The molecule has 0 bridgehead atoms. The Bertz CT molecular complexity index is 4180. The van der Waals surface area contributed by atoms with Crippen molar-refractivity contribution in [1.29, 1.82) is 0 Å². The van der Waals surface area contributed by atoms with Crippen LogP contribution in [0.2, 0.25) is 0 Å². The number of anilines is 12. The number of rotatable bonds is 5. The molecule has 1 aromatic heterocycles. The van der Waals surface area contributed by atoms with Crippen LogP contribution in [0.4, 0.5) is 68.2 Å². The van der Waals surface area contributed by atoms with Crippen LogP contribution in [0.1, 0.15) is 0 Å². The Balaban J connectivity index is 1.04. The highest BCUT2D eigenvalue weighted by Crippen LogP contribution is 2.50. The molecule has 0 amide bonds. The van der Waals surface area contributed by atoms with E-state index in [0.29, 0.717) is 0 Å². The van der Waals surface area contributed by atoms with Gasteiger partial charge in [-0.05, 0) is 142 Å². The van der Waals surface area contributed by atoms with Crippen LogP contribution in [0.3, 0.4) is 0 Å². The van der Waals surface area contributed by atoms with Crippen molar-refractivity contribution in [2.45, 2.75) is 0 Å². The monoisotopic (exact) mass is 927 g/mol. The number of fused-ring (bicyclic) bond motifs is 12. The number of hydrogen-bond donors (Lipinski definition) is 0. The zero-order chi connectivity index (χ0) is 47.7. The van der Waals surface area contributed by atoms with E-state index < -0.39 is 0 Å². The van der Waals surface area contributed by atoms with Gasteiger partial charge in [0.1, 0.15) is 0 Å². The lowest BCUT2D eigenvalue weighted by Gasteiger charge is -2.47. The second-order valence-electron chi connectivity index (χ2n) is 19.6. The van der Waals surface area contributed by atoms with E-state index in [9.17, 15) is 0 Å². The van der Waals surface area contributed by atoms with Crippen molar-refractivity contribution in [2.75, 3.05) is 19.6 Å². The minimum Gasteiger partial charge on any atom is -0.311 e. The molecule has 0 saturated heterocycles. The Morgan fingerprint density at radius 1 is 0.247 bits per heavy atom. The SMILES string of the molecule is c1ccc(N2c3ccccc3B3c4cc5c(cc4N(c4ccccc4)c4cccc2c43)N(c2ccccc2)c2cccc3c2B5c2ccc4c(c2N3c2ccccc2)c2ccccc2n4-c2ccccc2)cc1. The van der Waals surface area contributed by atoms with Gasteiger partial charge in [0.25, 0.3) is 13.4 Å². The summed E-state index contributed by atoms with van der Waals surface area (Å²) < 4.78 is 2.45. The molecular weight excluding hydrogens is 884 g/mol. The minimum atomic E-state index is -0.105. The molecule has 0 radical (unpaired) electrons. The summed E-state index contributed by atoms with van der Waals surface area (Å²) in [4.78, 5) is 10.1. The zero-order valence-corrected chi connectivity index (χ0v) is 39.7. The highest BCUT2D eigenvalue weighted by atomic mass is 15.2. The predicted octanol–water partition coefficient (Wildman–Crippen LogP) is 12.9. The number of benzene rings is 11. The normalized spacial score (nSPS) is 13.6. The van der Waals surface area contributed by atoms with Crippen molar-refractivity contribution in [3.05, 3.63) is 261 Å². The van der Waals surface area contributed by atoms with Gasteiger partial charge in [0, 0.05) is 79.0 Å². The Hall–Kier alpha value is -9.45. The van der Waals surface area contributed by atoms with Gasteiger partial charge in [0.05, 0.1) is 16.7 Å². The van der Waals surface area contributed by atoms with E-state index in [1.165, 1.54) is 100 Å². The molecule has 0 aliphatic carbocycles. The summed E-state index contributed by atoms with van der Waals surface area (Å²) in [6, 6.07) is 96.7. The Labute approximate surface area is 424 Å². The standard InChI is InChI=1S/C66H43B2N5/c1-6-22-44(23-7-1)69-54-34-18-16-32-49(54)63-56(69)41-40-51-66(63)73(48-30-14-5-15-31-48)60-39-21-38-59-65(60)68(51)53-42-52-61(43-62(53)72(59)47-28-12-4-13-29-47)71(46-26-10-3-11-27-46)58-37-20-36-57-64(58)67(52)50-33-17-19-35-55(50)70(57)45-24-8-2-9-25-45/h1-43H. The summed E-state index contributed by atoms with van der Waals surface area (Å²) in [6.07, 6.45) is 0. The van der Waals surface area contributed by atoms with Gasteiger partial charge >= 0.3 is 0 Å². The fraction of sp³-hybridized carbons (Fsp3) is 0. The largest absolute Gasteiger partial charge is 0.311 e. The van der Waals surface area contributed by atoms with Crippen LogP contribution in [0.15, 0.2) is 261 Å². The van der Waals surface area contributed by atoms with Gasteiger partial charge in [-0.1, -0.05) is 152 Å². The first-order valence-corrected chi connectivity index (χ1v) is 25.3. The van der Waals surface area contributed by atoms with Gasteiger partial charge in [-0.3, -0.25) is 0 Å². The first-order chi connectivity index (χ1) is 36.3. The number of para-hydroxylation sites is 7. The number of nitrogens with zero attached hydrogens (tertiary/aromatic N) is 5. The molecule has 0 N–H and O–H groups in total. The van der Waals surface area contributed by atoms with Gasteiger partial charge in [-0.25, -0.2) is 0 Å². The summed E-state index contributed by atoms with van der Waals surface area (Å²) >= 11 is 0. The smallest absolute Gasteiger partial charge is 0.252 e. The maximum atomic E-state index is 2.62. The molecule has 5 nitrogen and oxygen atoms in total. The summed E-state index contributed by atoms with van der Waals surface area (Å²) in [5.41, 5.74) is 25.4. The van der Waals surface area contributed by atoms with Crippen LogP contribution in [0.25, 0.3) is 27.5 Å².